The highest BCUT2D eigenvalue weighted by Gasteiger charge is 2.18. The van der Waals surface area contributed by atoms with Gasteiger partial charge in [0.05, 0.1) is 22.7 Å². The smallest absolute Gasteiger partial charge is 0.258 e. The fourth-order valence-corrected chi connectivity index (χ4v) is 3.49. The molecule has 1 amide bonds. The van der Waals surface area contributed by atoms with E-state index in [-0.39, 0.29) is 18.6 Å². The Bertz CT molecular complexity index is 921. The summed E-state index contributed by atoms with van der Waals surface area (Å²) in [5.74, 6) is 0.112. The zero-order valence-electron chi connectivity index (χ0n) is 13.7. The van der Waals surface area contributed by atoms with E-state index in [0.717, 1.165) is 10.4 Å². The topological polar surface area (TPSA) is 62.1 Å². The fourth-order valence-electron chi connectivity index (χ4n) is 2.45. The molecule has 0 radical (unpaired) electrons. The van der Waals surface area contributed by atoms with Crippen LogP contribution in [0.3, 0.4) is 0 Å². The standard InChI is InChI=1S/C20H15ClN2O2S/c21-16-11-14(12-22)8-9-17(16)25-13-19(24)23-20(18-7-4-10-26-18)15-5-2-1-3-6-15/h1-11,20H,13H2,(H,23,24)/t20-/m0/s1. The van der Waals surface area contributed by atoms with Crippen LogP contribution in [0.2, 0.25) is 5.02 Å². The van der Waals surface area contributed by atoms with Gasteiger partial charge in [-0.3, -0.25) is 4.79 Å². The van der Waals surface area contributed by atoms with Gasteiger partial charge in [-0.2, -0.15) is 5.26 Å². The molecule has 0 aliphatic carbocycles. The Kier molecular flexibility index (Phi) is 5.90. The van der Waals surface area contributed by atoms with Gasteiger partial charge in [0.1, 0.15) is 5.75 Å². The maximum atomic E-state index is 12.4. The van der Waals surface area contributed by atoms with Crippen molar-refractivity contribution in [2.45, 2.75) is 6.04 Å². The molecule has 0 saturated carbocycles. The largest absolute Gasteiger partial charge is 0.482 e. The molecule has 1 heterocycles. The van der Waals surface area contributed by atoms with Crippen LogP contribution in [0.25, 0.3) is 0 Å². The maximum absolute atomic E-state index is 12.4. The van der Waals surface area contributed by atoms with Crippen LogP contribution in [0, 0.1) is 11.3 Å². The van der Waals surface area contributed by atoms with Crippen LogP contribution in [-0.4, -0.2) is 12.5 Å². The Morgan fingerprint density at radius 2 is 2.00 bits per heavy atom. The van der Waals surface area contributed by atoms with E-state index in [0.29, 0.717) is 16.3 Å². The molecule has 0 aliphatic rings. The summed E-state index contributed by atoms with van der Waals surface area (Å²) >= 11 is 7.65. The molecule has 1 N–H and O–H groups in total. The number of halogens is 1. The number of carbonyl (C=O) groups excluding carboxylic acids is 1. The number of hydrogen-bond acceptors (Lipinski definition) is 4. The van der Waals surface area contributed by atoms with Gasteiger partial charge < -0.3 is 10.1 Å². The van der Waals surface area contributed by atoms with Crippen LogP contribution >= 0.6 is 22.9 Å². The zero-order chi connectivity index (χ0) is 18.4. The van der Waals surface area contributed by atoms with Gasteiger partial charge in [-0.25, -0.2) is 0 Å². The molecule has 26 heavy (non-hydrogen) atoms. The lowest BCUT2D eigenvalue weighted by molar-refractivity contribution is -0.123. The van der Waals surface area contributed by atoms with Gasteiger partial charge in [-0.1, -0.05) is 48.0 Å². The third-order valence-corrected chi connectivity index (χ3v) is 4.92. The molecule has 0 fully saturated rings. The van der Waals surface area contributed by atoms with E-state index in [4.69, 9.17) is 21.6 Å². The number of amides is 1. The molecule has 2 aromatic carbocycles. The Morgan fingerprint density at radius 1 is 1.19 bits per heavy atom. The van der Waals surface area contributed by atoms with Crippen LogP contribution in [0.4, 0.5) is 0 Å². The number of nitrogens with one attached hydrogen (secondary N) is 1. The fraction of sp³-hybridized carbons (Fsp3) is 0.100. The predicted octanol–water partition coefficient (Wildman–Crippen LogP) is 4.56. The molecule has 1 atom stereocenters. The monoisotopic (exact) mass is 382 g/mol. The summed E-state index contributed by atoms with van der Waals surface area (Å²) in [6, 6.07) is 20.2. The SMILES string of the molecule is N#Cc1ccc(OCC(=O)N[C@@H](c2ccccc2)c2cccs2)c(Cl)c1. The first-order valence-corrected chi connectivity index (χ1v) is 9.13. The van der Waals surface area contributed by atoms with Crippen molar-refractivity contribution in [3.05, 3.63) is 87.1 Å². The minimum Gasteiger partial charge on any atom is -0.482 e. The van der Waals surface area contributed by atoms with Crippen LogP contribution in [0.15, 0.2) is 66.0 Å². The van der Waals surface area contributed by atoms with E-state index in [1.807, 2.05) is 53.9 Å². The van der Waals surface area contributed by atoms with E-state index < -0.39 is 0 Å². The maximum Gasteiger partial charge on any atom is 0.258 e. The van der Waals surface area contributed by atoms with Gasteiger partial charge in [0, 0.05) is 4.88 Å². The van der Waals surface area contributed by atoms with Crippen molar-refractivity contribution >= 4 is 28.8 Å². The lowest BCUT2D eigenvalue weighted by Crippen LogP contribution is -2.32. The summed E-state index contributed by atoms with van der Waals surface area (Å²) in [5, 5.41) is 14.1. The van der Waals surface area contributed by atoms with Gasteiger partial charge in [0.25, 0.3) is 5.91 Å². The second-order valence-electron chi connectivity index (χ2n) is 5.47. The van der Waals surface area contributed by atoms with Crippen molar-refractivity contribution in [2.75, 3.05) is 6.61 Å². The van der Waals surface area contributed by atoms with E-state index in [1.165, 1.54) is 6.07 Å². The average molecular weight is 383 g/mol. The molecule has 0 unspecified atom stereocenters. The number of thiophene rings is 1. The quantitative estimate of drug-likeness (QED) is 0.679. The number of ether oxygens (including phenoxy) is 1. The molecule has 6 heteroatoms. The van der Waals surface area contributed by atoms with Crippen LogP contribution in [0.1, 0.15) is 22.0 Å². The lowest BCUT2D eigenvalue weighted by atomic mass is 10.1. The highest BCUT2D eigenvalue weighted by atomic mass is 35.5. The molecule has 0 aliphatic heterocycles. The molecule has 0 saturated heterocycles. The van der Waals surface area contributed by atoms with Crippen molar-refractivity contribution in [3.63, 3.8) is 0 Å². The van der Waals surface area contributed by atoms with Gasteiger partial charge in [0.15, 0.2) is 6.61 Å². The molecule has 0 spiro atoms. The van der Waals surface area contributed by atoms with E-state index >= 15 is 0 Å². The molecule has 130 valence electrons. The number of benzene rings is 2. The molecular weight excluding hydrogens is 368 g/mol. The molecule has 1 aromatic heterocycles. The second kappa shape index (κ2) is 8.52. The highest BCUT2D eigenvalue weighted by molar-refractivity contribution is 7.10. The third-order valence-electron chi connectivity index (χ3n) is 3.69. The molecule has 3 rings (SSSR count). The van der Waals surface area contributed by atoms with Gasteiger partial charge in [-0.15, -0.1) is 11.3 Å². The Labute approximate surface area is 160 Å². The van der Waals surface area contributed by atoms with Crippen molar-refractivity contribution in [1.82, 2.24) is 5.32 Å². The predicted molar refractivity (Wildman–Crippen MR) is 102 cm³/mol. The number of hydrogen-bond donors (Lipinski definition) is 1. The van der Waals surface area contributed by atoms with Crippen molar-refractivity contribution < 1.29 is 9.53 Å². The van der Waals surface area contributed by atoms with Gasteiger partial charge in [-0.05, 0) is 35.2 Å². The van der Waals surface area contributed by atoms with Crippen molar-refractivity contribution in [3.8, 4) is 11.8 Å². The number of rotatable bonds is 6. The van der Waals surface area contributed by atoms with Gasteiger partial charge >= 0.3 is 0 Å². The molecule has 3 aromatic rings. The minimum atomic E-state index is -0.257. The van der Waals surface area contributed by atoms with E-state index in [2.05, 4.69) is 5.32 Å². The van der Waals surface area contributed by atoms with E-state index in [9.17, 15) is 4.79 Å². The number of carbonyl (C=O) groups is 1. The Balaban J connectivity index is 1.68. The lowest BCUT2D eigenvalue weighted by Gasteiger charge is -2.18. The zero-order valence-corrected chi connectivity index (χ0v) is 15.3. The van der Waals surface area contributed by atoms with Crippen LogP contribution in [-0.2, 0) is 4.79 Å². The molecule has 0 bridgehead atoms. The third kappa shape index (κ3) is 4.42. The number of nitriles is 1. The summed E-state index contributed by atoms with van der Waals surface area (Å²) in [6.45, 7) is -0.166. The van der Waals surface area contributed by atoms with E-state index in [1.54, 1.807) is 23.5 Å². The first-order valence-electron chi connectivity index (χ1n) is 7.87. The van der Waals surface area contributed by atoms with Crippen molar-refractivity contribution in [2.24, 2.45) is 0 Å². The summed E-state index contributed by atoms with van der Waals surface area (Å²) in [4.78, 5) is 13.4. The summed E-state index contributed by atoms with van der Waals surface area (Å²) in [6.07, 6.45) is 0. The molecule has 4 nitrogen and oxygen atoms in total. The Hall–Kier alpha value is -2.81. The summed E-state index contributed by atoms with van der Waals surface area (Å²) in [5.41, 5.74) is 1.44. The second-order valence-corrected chi connectivity index (χ2v) is 6.86. The minimum absolute atomic E-state index is 0.166. The van der Waals surface area contributed by atoms with Crippen LogP contribution in [0.5, 0.6) is 5.75 Å². The average Bonchev–Trinajstić information content (AvgIpc) is 3.20. The summed E-state index contributed by atoms with van der Waals surface area (Å²) in [7, 11) is 0. The Morgan fingerprint density at radius 3 is 2.65 bits per heavy atom. The summed E-state index contributed by atoms with van der Waals surface area (Å²) < 4.78 is 5.50. The number of nitrogens with zero attached hydrogens (tertiary/aromatic N) is 1. The first-order chi connectivity index (χ1) is 12.7. The van der Waals surface area contributed by atoms with Crippen molar-refractivity contribution in [1.29, 1.82) is 5.26 Å². The molecular formula is C20H15ClN2O2S. The van der Waals surface area contributed by atoms with Crippen LogP contribution < -0.4 is 10.1 Å². The highest BCUT2D eigenvalue weighted by Crippen LogP contribution is 2.27. The van der Waals surface area contributed by atoms with Gasteiger partial charge in [0.2, 0.25) is 0 Å². The normalized spacial score (nSPS) is 11.4. The first kappa shape index (κ1) is 18.0.